The zero-order chi connectivity index (χ0) is 29.2. The minimum absolute atomic E-state index is 0.0441. The summed E-state index contributed by atoms with van der Waals surface area (Å²) >= 11 is 6.12. The SMILES string of the molecule is COC[C@@H](NC(=O)COC(COC[C@H](O)c1ccccc1Cl)COC(=O)CCCN)C(=O)NCc1ccccc1. The molecule has 12 heteroatoms. The highest BCUT2D eigenvalue weighted by Crippen LogP contribution is 2.22. The van der Waals surface area contributed by atoms with Gasteiger partial charge in [-0.2, -0.15) is 0 Å². The molecule has 0 fully saturated rings. The molecule has 220 valence electrons. The van der Waals surface area contributed by atoms with Gasteiger partial charge < -0.3 is 40.4 Å². The molecule has 2 aromatic carbocycles. The third-order valence-corrected chi connectivity index (χ3v) is 5.95. The molecule has 0 aliphatic carbocycles. The fourth-order valence-corrected chi connectivity index (χ4v) is 3.74. The molecule has 0 bridgehead atoms. The summed E-state index contributed by atoms with van der Waals surface area (Å²) in [4.78, 5) is 37.2. The van der Waals surface area contributed by atoms with E-state index in [2.05, 4.69) is 10.6 Å². The molecule has 11 nitrogen and oxygen atoms in total. The van der Waals surface area contributed by atoms with Crippen LogP contribution in [0.15, 0.2) is 54.6 Å². The summed E-state index contributed by atoms with van der Waals surface area (Å²) in [5, 5.41) is 16.2. The van der Waals surface area contributed by atoms with Gasteiger partial charge in [0.25, 0.3) is 0 Å². The molecular formula is C28H38ClN3O8. The zero-order valence-corrected chi connectivity index (χ0v) is 23.3. The number of halogens is 1. The number of rotatable bonds is 19. The van der Waals surface area contributed by atoms with Crippen LogP contribution in [0.4, 0.5) is 0 Å². The van der Waals surface area contributed by atoms with E-state index in [1.165, 1.54) is 7.11 Å². The third-order valence-electron chi connectivity index (χ3n) is 5.60. The van der Waals surface area contributed by atoms with Crippen molar-refractivity contribution in [2.24, 2.45) is 5.73 Å². The minimum Gasteiger partial charge on any atom is -0.463 e. The molecule has 0 aliphatic rings. The average molecular weight is 580 g/mol. The molecule has 0 aliphatic heterocycles. The molecule has 1 unspecified atom stereocenters. The number of aliphatic hydroxyl groups excluding tert-OH is 1. The number of esters is 1. The predicted octanol–water partition coefficient (Wildman–Crippen LogP) is 1.50. The van der Waals surface area contributed by atoms with Gasteiger partial charge in [0.05, 0.1) is 19.8 Å². The molecule has 0 saturated carbocycles. The molecular weight excluding hydrogens is 542 g/mol. The number of nitrogens with one attached hydrogen (secondary N) is 2. The van der Waals surface area contributed by atoms with Crippen molar-refractivity contribution in [3.05, 3.63) is 70.7 Å². The van der Waals surface area contributed by atoms with Crippen LogP contribution in [-0.2, 0) is 39.9 Å². The van der Waals surface area contributed by atoms with Gasteiger partial charge in [-0.3, -0.25) is 14.4 Å². The lowest BCUT2D eigenvalue weighted by Gasteiger charge is -2.21. The van der Waals surface area contributed by atoms with Crippen LogP contribution in [0.25, 0.3) is 0 Å². The molecule has 0 saturated heterocycles. The normalized spacial score (nSPS) is 13.2. The summed E-state index contributed by atoms with van der Waals surface area (Å²) in [6.07, 6.45) is -1.19. The van der Waals surface area contributed by atoms with Crippen molar-refractivity contribution in [3.8, 4) is 0 Å². The Kier molecular flexibility index (Phi) is 15.8. The number of carbonyl (C=O) groups is 3. The van der Waals surface area contributed by atoms with Crippen molar-refractivity contribution in [3.63, 3.8) is 0 Å². The molecule has 0 spiro atoms. The fraction of sp³-hybridized carbons (Fsp3) is 0.464. The smallest absolute Gasteiger partial charge is 0.305 e. The number of nitrogens with two attached hydrogens (primary N) is 1. The second kappa shape index (κ2) is 19.1. The summed E-state index contributed by atoms with van der Waals surface area (Å²) < 4.78 is 21.5. The van der Waals surface area contributed by atoms with E-state index in [0.717, 1.165) is 5.56 Å². The van der Waals surface area contributed by atoms with E-state index in [4.69, 9.17) is 36.3 Å². The number of amides is 2. The van der Waals surface area contributed by atoms with E-state index >= 15 is 0 Å². The van der Waals surface area contributed by atoms with Gasteiger partial charge in [0.2, 0.25) is 11.8 Å². The summed E-state index contributed by atoms with van der Waals surface area (Å²) in [5.41, 5.74) is 6.84. The number of ether oxygens (including phenoxy) is 4. The van der Waals surface area contributed by atoms with E-state index < -0.39 is 42.6 Å². The maximum absolute atomic E-state index is 12.6. The number of benzene rings is 2. The summed E-state index contributed by atoms with van der Waals surface area (Å²) in [5.74, 6) is -1.45. The largest absolute Gasteiger partial charge is 0.463 e. The van der Waals surface area contributed by atoms with Crippen LogP contribution < -0.4 is 16.4 Å². The minimum atomic E-state index is -0.992. The Hall–Kier alpha value is -3.06. The van der Waals surface area contributed by atoms with Crippen molar-refractivity contribution in [2.75, 3.05) is 46.7 Å². The molecule has 2 rings (SSSR count). The van der Waals surface area contributed by atoms with Crippen molar-refractivity contribution in [1.82, 2.24) is 10.6 Å². The van der Waals surface area contributed by atoms with Crippen LogP contribution >= 0.6 is 11.6 Å². The fourth-order valence-electron chi connectivity index (χ4n) is 3.48. The van der Waals surface area contributed by atoms with Gasteiger partial charge in [-0.05, 0) is 24.6 Å². The topological polar surface area (TPSA) is 158 Å². The summed E-state index contributed by atoms with van der Waals surface area (Å²) in [7, 11) is 1.42. The van der Waals surface area contributed by atoms with E-state index in [0.29, 0.717) is 30.1 Å². The standard InChI is InChI=1S/C28H38ClN3O8/c1-37-17-24(28(36)31-14-20-8-3-2-4-9-20)32-26(34)19-39-21(16-40-27(35)12-7-13-30)15-38-18-25(33)22-10-5-6-11-23(22)29/h2-6,8-11,21,24-25,33H,7,12-19,30H2,1H3,(H,31,36)(H,32,34)/t21?,24-,25+/m1/s1. The van der Waals surface area contributed by atoms with Crippen LogP contribution in [0.3, 0.4) is 0 Å². The number of aliphatic hydroxyl groups is 1. The maximum atomic E-state index is 12.6. The molecule has 40 heavy (non-hydrogen) atoms. The van der Waals surface area contributed by atoms with Crippen LogP contribution in [0.1, 0.15) is 30.1 Å². The Morgan fingerprint density at radius 3 is 2.42 bits per heavy atom. The Bertz CT molecular complexity index is 1040. The first kappa shape index (κ1) is 33.1. The van der Waals surface area contributed by atoms with Gasteiger partial charge in [0.1, 0.15) is 31.5 Å². The van der Waals surface area contributed by atoms with E-state index in [-0.39, 0.29) is 32.8 Å². The highest BCUT2D eigenvalue weighted by Gasteiger charge is 2.22. The highest BCUT2D eigenvalue weighted by molar-refractivity contribution is 6.31. The summed E-state index contributed by atoms with van der Waals surface area (Å²) in [6, 6.07) is 15.2. The van der Waals surface area contributed by atoms with Crippen LogP contribution in [0, 0.1) is 0 Å². The molecule has 0 aromatic heterocycles. The Morgan fingerprint density at radius 2 is 1.73 bits per heavy atom. The second-order valence-electron chi connectivity index (χ2n) is 8.86. The van der Waals surface area contributed by atoms with Crippen LogP contribution in [0.5, 0.6) is 0 Å². The number of hydrogen-bond acceptors (Lipinski definition) is 9. The molecule has 2 amide bonds. The third kappa shape index (κ3) is 12.9. The van der Waals surface area contributed by atoms with Gasteiger partial charge in [0.15, 0.2) is 0 Å². The summed E-state index contributed by atoms with van der Waals surface area (Å²) in [6.45, 7) is -0.212. The lowest BCUT2D eigenvalue weighted by Crippen LogP contribution is -2.50. The maximum Gasteiger partial charge on any atom is 0.305 e. The first-order valence-electron chi connectivity index (χ1n) is 12.9. The molecule has 0 radical (unpaired) electrons. The van der Waals surface area contributed by atoms with E-state index in [9.17, 15) is 19.5 Å². The highest BCUT2D eigenvalue weighted by atomic mass is 35.5. The molecule has 5 N–H and O–H groups in total. The Labute approximate surface area is 239 Å². The Morgan fingerprint density at radius 1 is 1.00 bits per heavy atom. The monoisotopic (exact) mass is 579 g/mol. The lowest BCUT2D eigenvalue weighted by molar-refractivity contribution is -0.152. The lowest BCUT2D eigenvalue weighted by atomic mass is 10.1. The van der Waals surface area contributed by atoms with Crippen LogP contribution in [-0.4, -0.2) is 81.7 Å². The van der Waals surface area contributed by atoms with Crippen LogP contribution in [0.2, 0.25) is 5.02 Å². The first-order valence-corrected chi connectivity index (χ1v) is 13.3. The van der Waals surface area contributed by atoms with Gasteiger partial charge in [-0.25, -0.2) is 0 Å². The predicted molar refractivity (Wildman–Crippen MR) is 148 cm³/mol. The van der Waals surface area contributed by atoms with Crippen molar-refractivity contribution >= 4 is 29.4 Å². The van der Waals surface area contributed by atoms with E-state index in [1.807, 2.05) is 30.3 Å². The van der Waals surface area contributed by atoms with Crippen molar-refractivity contribution in [1.29, 1.82) is 0 Å². The van der Waals surface area contributed by atoms with Gasteiger partial charge in [-0.15, -0.1) is 0 Å². The molecule has 0 heterocycles. The van der Waals surface area contributed by atoms with Gasteiger partial charge in [-0.1, -0.05) is 60.1 Å². The molecule has 3 atom stereocenters. The first-order chi connectivity index (χ1) is 19.3. The number of hydrogen-bond donors (Lipinski definition) is 4. The number of carbonyl (C=O) groups excluding carboxylic acids is 3. The van der Waals surface area contributed by atoms with Gasteiger partial charge >= 0.3 is 5.97 Å². The van der Waals surface area contributed by atoms with Crippen molar-refractivity contribution < 1.29 is 38.4 Å². The second-order valence-corrected chi connectivity index (χ2v) is 9.27. The zero-order valence-electron chi connectivity index (χ0n) is 22.6. The van der Waals surface area contributed by atoms with E-state index in [1.54, 1.807) is 24.3 Å². The van der Waals surface area contributed by atoms with Gasteiger partial charge in [0, 0.05) is 30.7 Å². The average Bonchev–Trinajstić information content (AvgIpc) is 2.96. The van der Waals surface area contributed by atoms with Crippen molar-refractivity contribution in [2.45, 2.75) is 37.6 Å². The quantitative estimate of drug-likeness (QED) is 0.181. The Balaban J connectivity index is 1.89. The number of methoxy groups -OCH3 is 1. The molecule has 2 aromatic rings.